The summed E-state index contributed by atoms with van der Waals surface area (Å²) >= 11 is 7.96. The van der Waals surface area contributed by atoms with Gasteiger partial charge in [-0.25, -0.2) is 13.4 Å². The second-order valence-electron chi connectivity index (χ2n) is 3.90. The number of sulfonamides is 1. The van der Waals surface area contributed by atoms with Crippen molar-refractivity contribution in [3.63, 3.8) is 0 Å². The van der Waals surface area contributed by atoms with Crippen LogP contribution in [0.4, 0.5) is 5.82 Å². The highest BCUT2D eigenvalue weighted by molar-refractivity contribution is 9.11. The molecule has 2 aromatic rings. The third-order valence-corrected chi connectivity index (χ3v) is 5.99. The first-order valence-corrected chi connectivity index (χ1v) is 9.09. The van der Waals surface area contributed by atoms with Gasteiger partial charge in [-0.1, -0.05) is 0 Å². The van der Waals surface area contributed by atoms with Crippen LogP contribution in [0.25, 0.3) is 0 Å². The second kappa shape index (κ2) is 5.51. The molecular weight excluding hydrogens is 416 g/mol. The van der Waals surface area contributed by atoms with Gasteiger partial charge in [-0.05, 0) is 63.4 Å². The Labute approximate surface area is 132 Å². The van der Waals surface area contributed by atoms with E-state index < -0.39 is 10.0 Å². The Morgan fingerprint density at radius 1 is 1.26 bits per heavy atom. The molecule has 0 amide bonds. The average Bonchev–Trinajstić information content (AvgIpc) is 2.63. The van der Waals surface area contributed by atoms with E-state index in [9.17, 15) is 8.42 Å². The van der Waals surface area contributed by atoms with Gasteiger partial charge in [0, 0.05) is 15.5 Å². The Bertz CT molecular complexity index is 726. The fourth-order valence-corrected chi connectivity index (χ4v) is 5.47. The lowest BCUT2D eigenvalue weighted by Crippen LogP contribution is -2.15. The number of nitrogens with zero attached hydrogens (tertiary/aromatic N) is 1. The minimum absolute atomic E-state index is 0.272. The predicted molar refractivity (Wildman–Crippen MR) is 84.2 cm³/mol. The topological polar surface area (TPSA) is 59.1 Å². The molecule has 0 aliphatic heterocycles. The Hall–Kier alpha value is -0.440. The van der Waals surface area contributed by atoms with Gasteiger partial charge in [-0.2, -0.15) is 0 Å². The van der Waals surface area contributed by atoms with E-state index in [4.69, 9.17) is 0 Å². The highest BCUT2D eigenvalue weighted by Crippen LogP contribution is 2.31. The Morgan fingerprint density at radius 2 is 1.95 bits per heavy atom. The van der Waals surface area contributed by atoms with E-state index in [-0.39, 0.29) is 4.90 Å². The number of hydrogen-bond donors (Lipinski definition) is 1. The Morgan fingerprint density at radius 3 is 2.47 bits per heavy atom. The van der Waals surface area contributed by atoms with Gasteiger partial charge in [0.15, 0.2) is 0 Å². The first kappa shape index (κ1) is 15.0. The molecule has 0 unspecified atom stereocenters. The van der Waals surface area contributed by atoms with Crippen molar-refractivity contribution in [1.82, 2.24) is 4.98 Å². The molecule has 0 saturated heterocycles. The maximum atomic E-state index is 12.3. The van der Waals surface area contributed by atoms with Crippen LogP contribution in [0.2, 0.25) is 0 Å². The lowest BCUT2D eigenvalue weighted by molar-refractivity contribution is 0.601. The molecule has 1 N–H and O–H groups in total. The van der Waals surface area contributed by atoms with Crippen LogP contribution in [0, 0.1) is 13.8 Å². The lowest BCUT2D eigenvalue weighted by Gasteiger charge is -2.09. The normalized spacial score (nSPS) is 11.6. The van der Waals surface area contributed by atoms with Crippen molar-refractivity contribution in [2.75, 3.05) is 4.72 Å². The predicted octanol–water partition coefficient (Wildman–Crippen LogP) is 4.09. The van der Waals surface area contributed by atoms with Gasteiger partial charge >= 0.3 is 0 Å². The number of thiophene rings is 1. The summed E-state index contributed by atoms with van der Waals surface area (Å²) in [5, 5.41) is 0. The molecule has 0 aliphatic carbocycles. The standard InChI is InChI=1S/C11H10Br2N2O2S2/c1-6-3-8(12)5-14-11(6)15-19(16,17)9-4-10(13)18-7(9)2/h3-5H,1-2H3,(H,14,15). The minimum Gasteiger partial charge on any atom is -0.263 e. The molecule has 0 atom stereocenters. The van der Waals surface area contributed by atoms with Gasteiger partial charge in [0.25, 0.3) is 10.0 Å². The second-order valence-corrected chi connectivity index (χ2v) is 9.10. The third kappa shape index (κ3) is 3.36. The summed E-state index contributed by atoms with van der Waals surface area (Å²) in [6.07, 6.45) is 1.56. The molecule has 0 aliphatic rings. The Balaban J connectivity index is 2.39. The molecule has 2 aromatic heterocycles. The van der Waals surface area contributed by atoms with Crippen molar-refractivity contribution >= 4 is 59.0 Å². The van der Waals surface area contributed by atoms with Gasteiger partial charge in [-0.15, -0.1) is 11.3 Å². The molecule has 2 rings (SSSR count). The number of rotatable bonds is 3. The zero-order valence-electron chi connectivity index (χ0n) is 10.1. The average molecular weight is 426 g/mol. The fourth-order valence-electron chi connectivity index (χ4n) is 1.53. The van der Waals surface area contributed by atoms with Gasteiger partial charge < -0.3 is 0 Å². The van der Waals surface area contributed by atoms with E-state index in [0.29, 0.717) is 5.82 Å². The van der Waals surface area contributed by atoms with E-state index >= 15 is 0 Å². The molecule has 2 heterocycles. The van der Waals surface area contributed by atoms with E-state index in [1.807, 2.05) is 0 Å². The zero-order chi connectivity index (χ0) is 14.2. The molecule has 0 saturated carbocycles. The van der Waals surface area contributed by atoms with Crippen LogP contribution in [-0.2, 0) is 10.0 Å². The van der Waals surface area contributed by atoms with Crippen molar-refractivity contribution in [2.45, 2.75) is 18.7 Å². The van der Waals surface area contributed by atoms with Crippen molar-refractivity contribution in [1.29, 1.82) is 0 Å². The summed E-state index contributed by atoms with van der Waals surface area (Å²) in [4.78, 5) is 5.08. The van der Waals surface area contributed by atoms with Gasteiger partial charge in [0.1, 0.15) is 10.7 Å². The molecule has 19 heavy (non-hydrogen) atoms. The van der Waals surface area contributed by atoms with Gasteiger partial charge in [-0.3, -0.25) is 4.72 Å². The highest BCUT2D eigenvalue weighted by atomic mass is 79.9. The van der Waals surface area contributed by atoms with Crippen LogP contribution < -0.4 is 4.72 Å². The summed E-state index contributed by atoms with van der Waals surface area (Å²) in [5.74, 6) is 0.338. The molecule has 0 spiro atoms. The quantitative estimate of drug-likeness (QED) is 0.805. The third-order valence-electron chi connectivity index (χ3n) is 2.41. The monoisotopic (exact) mass is 424 g/mol. The summed E-state index contributed by atoms with van der Waals surface area (Å²) in [7, 11) is -3.61. The van der Waals surface area contributed by atoms with E-state index in [0.717, 1.165) is 18.7 Å². The summed E-state index contributed by atoms with van der Waals surface area (Å²) < 4.78 is 28.7. The van der Waals surface area contributed by atoms with Crippen molar-refractivity contribution in [3.05, 3.63) is 37.0 Å². The largest absolute Gasteiger partial charge is 0.264 e. The van der Waals surface area contributed by atoms with E-state index in [2.05, 4.69) is 41.6 Å². The van der Waals surface area contributed by atoms with Crippen LogP contribution in [0.3, 0.4) is 0 Å². The number of halogens is 2. The minimum atomic E-state index is -3.61. The summed E-state index contributed by atoms with van der Waals surface area (Å²) in [5.41, 5.74) is 0.755. The molecule has 0 fully saturated rings. The van der Waals surface area contributed by atoms with Gasteiger partial charge in [0.2, 0.25) is 0 Å². The van der Waals surface area contributed by atoms with Gasteiger partial charge in [0.05, 0.1) is 3.79 Å². The first-order chi connectivity index (χ1) is 8.79. The van der Waals surface area contributed by atoms with Crippen LogP contribution in [-0.4, -0.2) is 13.4 Å². The Kier molecular flexibility index (Phi) is 4.34. The zero-order valence-corrected chi connectivity index (χ0v) is 14.9. The molecule has 4 nitrogen and oxygen atoms in total. The number of pyridine rings is 1. The summed E-state index contributed by atoms with van der Waals surface area (Å²) in [6.45, 7) is 3.57. The van der Waals surface area contributed by atoms with Crippen LogP contribution in [0.5, 0.6) is 0 Å². The van der Waals surface area contributed by atoms with E-state index in [1.165, 1.54) is 11.3 Å². The smallest absolute Gasteiger partial charge is 0.263 e. The van der Waals surface area contributed by atoms with Crippen LogP contribution >= 0.6 is 43.2 Å². The lowest BCUT2D eigenvalue weighted by atomic mass is 10.3. The van der Waals surface area contributed by atoms with Crippen molar-refractivity contribution < 1.29 is 8.42 Å². The maximum absolute atomic E-state index is 12.3. The SMILES string of the molecule is Cc1cc(Br)cnc1NS(=O)(=O)c1cc(Br)sc1C. The first-order valence-electron chi connectivity index (χ1n) is 5.20. The molecular formula is C11H10Br2N2O2S2. The number of anilines is 1. The van der Waals surface area contributed by atoms with Crippen molar-refractivity contribution in [3.8, 4) is 0 Å². The molecule has 0 aromatic carbocycles. The number of nitrogens with one attached hydrogen (secondary N) is 1. The maximum Gasteiger partial charge on any atom is 0.264 e. The molecule has 0 bridgehead atoms. The van der Waals surface area contributed by atoms with Crippen LogP contribution in [0.1, 0.15) is 10.4 Å². The molecule has 102 valence electrons. The highest BCUT2D eigenvalue weighted by Gasteiger charge is 2.20. The number of aromatic nitrogens is 1. The summed E-state index contributed by atoms with van der Waals surface area (Å²) in [6, 6.07) is 3.40. The van der Waals surface area contributed by atoms with E-state index in [1.54, 1.807) is 32.2 Å². The van der Waals surface area contributed by atoms with Crippen LogP contribution in [0.15, 0.2) is 31.5 Å². The fraction of sp³-hybridized carbons (Fsp3) is 0.182. The van der Waals surface area contributed by atoms with Crippen molar-refractivity contribution in [2.24, 2.45) is 0 Å². The molecule has 8 heteroatoms. The molecule has 0 radical (unpaired) electrons. The number of aryl methyl sites for hydroxylation is 2. The number of hydrogen-bond acceptors (Lipinski definition) is 4.